The summed E-state index contributed by atoms with van der Waals surface area (Å²) in [6.45, 7) is 9.16. The third kappa shape index (κ3) is 2.98. The SMILES string of the molecule is CC[C]1[CH][CH][CH][C]1C(C)(C)[C]1[CH][CH][CH][C]1CC.[Fe]. The van der Waals surface area contributed by atoms with E-state index in [1.165, 1.54) is 23.7 Å². The molecule has 2 aliphatic carbocycles. The quantitative estimate of drug-likeness (QED) is 0.671. The van der Waals surface area contributed by atoms with Crippen LogP contribution in [0.5, 0.6) is 0 Å². The summed E-state index contributed by atoms with van der Waals surface area (Å²) in [7, 11) is 0. The number of rotatable bonds is 4. The third-order valence-electron chi connectivity index (χ3n) is 3.92. The molecular formula is C17H22Fe. The molecule has 0 N–H and O–H groups in total. The zero-order chi connectivity index (χ0) is 12.5. The van der Waals surface area contributed by atoms with Gasteiger partial charge < -0.3 is 0 Å². The van der Waals surface area contributed by atoms with Gasteiger partial charge in [-0.3, -0.25) is 0 Å². The summed E-state index contributed by atoms with van der Waals surface area (Å²) in [4.78, 5) is 0. The minimum absolute atomic E-state index is 0. The number of hydrogen-bond acceptors (Lipinski definition) is 0. The van der Waals surface area contributed by atoms with Crippen molar-refractivity contribution in [2.24, 2.45) is 5.41 Å². The van der Waals surface area contributed by atoms with E-state index in [1.54, 1.807) is 0 Å². The minimum Gasteiger partial charge on any atom is -0.0648 e. The Kier molecular flexibility index (Phi) is 6.26. The molecule has 0 amide bonds. The van der Waals surface area contributed by atoms with Crippen LogP contribution < -0.4 is 0 Å². The maximum Gasteiger partial charge on any atom is 0 e. The Balaban J connectivity index is 0.00000162. The molecule has 0 spiro atoms. The molecule has 0 saturated heterocycles. The predicted octanol–water partition coefficient (Wildman–Crippen LogP) is 4.38. The molecular weight excluding hydrogens is 260 g/mol. The molecule has 0 heterocycles. The zero-order valence-corrected chi connectivity index (χ0v) is 12.8. The van der Waals surface area contributed by atoms with Crippen LogP contribution in [-0.2, 0) is 17.1 Å². The van der Waals surface area contributed by atoms with E-state index in [1.807, 2.05) is 0 Å². The Morgan fingerprint density at radius 3 is 1.50 bits per heavy atom. The Hall–Kier alpha value is 0.519. The average molecular weight is 282 g/mol. The van der Waals surface area contributed by atoms with Gasteiger partial charge in [-0.15, -0.1) is 0 Å². The van der Waals surface area contributed by atoms with Crippen LogP contribution in [0.15, 0.2) is 0 Å². The van der Waals surface area contributed by atoms with Crippen LogP contribution in [0.2, 0.25) is 0 Å². The fraction of sp³-hybridized carbons (Fsp3) is 0.412. The largest absolute Gasteiger partial charge is 0.0648 e. The summed E-state index contributed by atoms with van der Waals surface area (Å²) in [5, 5.41) is 0. The van der Waals surface area contributed by atoms with Crippen molar-refractivity contribution < 1.29 is 17.1 Å². The van der Waals surface area contributed by atoms with Crippen LogP contribution in [0, 0.1) is 67.6 Å². The molecule has 0 aromatic rings. The number of hydrogen-bond donors (Lipinski definition) is 0. The molecule has 0 aliphatic heterocycles. The summed E-state index contributed by atoms with van der Waals surface area (Å²) in [6, 6.07) is 0. The predicted molar refractivity (Wildman–Crippen MR) is 73.1 cm³/mol. The summed E-state index contributed by atoms with van der Waals surface area (Å²) < 4.78 is 0. The maximum atomic E-state index is 2.34. The minimum atomic E-state index is 0. The molecule has 18 heavy (non-hydrogen) atoms. The van der Waals surface area contributed by atoms with Gasteiger partial charge in [0.1, 0.15) is 0 Å². The summed E-state index contributed by atoms with van der Waals surface area (Å²) >= 11 is 0. The first kappa shape index (κ1) is 16.6. The molecule has 0 aromatic carbocycles. The van der Waals surface area contributed by atoms with Crippen molar-refractivity contribution in [1.29, 1.82) is 0 Å². The molecule has 2 aliphatic rings. The Labute approximate surface area is 125 Å². The van der Waals surface area contributed by atoms with Crippen LogP contribution in [0.3, 0.4) is 0 Å². The second-order valence-electron chi connectivity index (χ2n) is 5.26. The maximum absolute atomic E-state index is 2.34. The topological polar surface area (TPSA) is 0 Å². The first-order chi connectivity index (χ1) is 8.11. The first-order valence-corrected chi connectivity index (χ1v) is 6.61. The van der Waals surface area contributed by atoms with Gasteiger partial charge in [0, 0.05) is 17.1 Å². The van der Waals surface area contributed by atoms with Gasteiger partial charge in [0.05, 0.1) is 0 Å². The normalized spacial score (nSPS) is 24.7. The summed E-state index contributed by atoms with van der Waals surface area (Å²) in [5.41, 5.74) is 0.129. The van der Waals surface area contributed by atoms with E-state index in [2.05, 4.69) is 66.2 Å². The Morgan fingerprint density at radius 2 is 1.17 bits per heavy atom. The van der Waals surface area contributed by atoms with Crippen molar-refractivity contribution in [3.8, 4) is 0 Å². The molecule has 2 saturated carbocycles. The molecule has 0 unspecified atom stereocenters. The van der Waals surface area contributed by atoms with Crippen molar-refractivity contribution in [3.63, 3.8) is 0 Å². The molecule has 2 fully saturated rings. The van der Waals surface area contributed by atoms with Crippen molar-refractivity contribution in [2.75, 3.05) is 0 Å². The van der Waals surface area contributed by atoms with Crippen molar-refractivity contribution in [3.05, 3.63) is 62.2 Å². The zero-order valence-electron chi connectivity index (χ0n) is 11.7. The molecule has 0 bridgehead atoms. The molecule has 10 radical (unpaired) electrons. The van der Waals surface area contributed by atoms with Gasteiger partial charge in [0.15, 0.2) is 0 Å². The van der Waals surface area contributed by atoms with Crippen LogP contribution in [0.1, 0.15) is 40.5 Å². The molecule has 0 nitrogen and oxygen atoms in total. The monoisotopic (exact) mass is 282 g/mol. The van der Waals surface area contributed by atoms with Gasteiger partial charge in [-0.25, -0.2) is 0 Å². The fourth-order valence-electron chi connectivity index (χ4n) is 2.90. The molecule has 1 heteroatoms. The van der Waals surface area contributed by atoms with Crippen molar-refractivity contribution in [1.82, 2.24) is 0 Å². The van der Waals surface area contributed by atoms with Crippen molar-refractivity contribution >= 4 is 0 Å². The van der Waals surface area contributed by atoms with Crippen LogP contribution in [-0.4, -0.2) is 0 Å². The van der Waals surface area contributed by atoms with E-state index in [4.69, 9.17) is 0 Å². The molecule has 0 aromatic heterocycles. The van der Waals surface area contributed by atoms with Gasteiger partial charge in [-0.1, -0.05) is 27.7 Å². The van der Waals surface area contributed by atoms with Crippen molar-refractivity contribution in [2.45, 2.75) is 40.5 Å². The van der Waals surface area contributed by atoms with Gasteiger partial charge in [-0.2, -0.15) is 0 Å². The van der Waals surface area contributed by atoms with E-state index < -0.39 is 0 Å². The average Bonchev–Trinajstić information content (AvgIpc) is 2.97. The van der Waals surface area contributed by atoms with E-state index in [0.29, 0.717) is 0 Å². The van der Waals surface area contributed by atoms with Crippen LogP contribution in [0.25, 0.3) is 0 Å². The fourth-order valence-corrected chi connectivity index (χ4v) is 2.90. The molecule has 2 rings (SSSR count). The van der Waals surface area contributed by atoms with E-state index >= 15 is 0 Å². The van der Waals surface area contributed by atoms with Gasteiger partial charge in [-0.05, 0) is 80.5 Å². The second kappa shape index (κ2) is 6.80. The summed E-state index contributed by atoms with van der Waals surface area (Å²) in [5.74, 6) is 5.94. The van der Waals surface area contributed by atoms with Crippen LogP contribution >= 0.6 is 0 Å². The van der Waals surface area contributed by atoms with E-state index in [9.17, 15) is 0 Å². The van der Waals surface area contributed by atoms with Gasteiger partial charge in [0.25, 0.3) is 0 Å². The van der Waals surface area contributed by atoms with E-state index in [0.717, 1.165) is 12.8 Å². The standard InChI is InChI=1S/C17H22.Fe/c1-5-13-9-7-11-15(13)17(3,4)16-12-8-10-14(16)6-2;/h7-12H,5-6H2,1-4H3;. The Bertz CT molecular complexity index is 222. The second-order valence-corrected chi connectivity index (χ2v) is 5.26. The van der Waals surface area contributed by atoms with E-state index in [-0.39, 0.29) is 22.5 Å². The molecule has 0 atom stereocenters. The smallest absolute Gasteiger partial charge is 0 e. The van der Waals surface area contributed by atoms with Gasteiger partial charge >= 0.3 is 0 Å². The van der Waals surface area contributed by atoms with Gasteiger partial charge in [0.2, 0.25) is 0 Å². The first-order valence-electron chi connectivity index (χ1n) is 6.61. The Morgan fingerprint density at radius 1 is 0.778 bits per heavy atom. The van der Waals surface area contributed by atoms with Crippen LogP contribution in [0.4, 0.5) is 0 Å². The summed E-state index contributed by atoms with van der Waals surface area (Å²) in [6.07, 6.45) is 15.7. The third-order valence-corrected chi connectivity index (χ3v) is 3.92. The molecule has 98 valence electrons.